The lowest BCUT2D eigenvalue weighted by atomic mass is 10.0. The SMILES string of the molecule is CC(C)Cc1ccc([N+](C)(C)C)cc1. The van der Waals surface area contributed by atoms with Crippen LogP contribution in [0.15, 0.2) is 24.3 Å². The standard InChI is InChI=1S/C13H22N/c1-11(2)10-12-6-8-13(9-7-12)14(3,4)5/h6-9,11H,10H2,1-5H3/q+1. The highest BCUT2D eigenvalue weighted by molar-refractivity contribution is 5.42. The Hall–Kier alpha value is -0.820. The van der Waals surface area contributed by atoms with Crippen molar-refractivity contribution in [3.05, 3.63) is 29.8 Å². The highest BCUT2D eigenvalue weighted by Gasteiger charge is 2.10. The van der Waals surface area contributed by atoms with Gasteiger partial charge in [-0.2, -0.15) is 0 Å². The Labute approximate surface area is 88.0 Å². The van der Waals surface area contributed by atoms with E-state index in [4.69, 9.17) is 0 Å². The van der Waals surface area contributed by atoms with Crippen molar-refractivity contribution in [3.8, 4) is 0 Å². The van der Waals surface area contributed by atoms with Crippen molar-refractivity contribution in [3.63, 3.8) is 0 Å². The third-order valence-corrected chi connectivity index (χ3v) is 2.35. The highest BCUT2D eigenvalue weighted by atomic mass is 15.3. The molecule has 0 radical (unpaired) electrons. The second-order valence-electron chi connectivity index (χ2n) is 5.28. The lowest BCUT2D eigenvalue weighted by molar-refractivity contribution is 0.486. The smallest absolute Gasteiger partial charge is 0.132 e. The third-order valence-electron chi connectivity index (χ3n) is 2.35. The van der Waals surface area contributed by atoms with Crippen molar-refractivity contribution < 1.29 is 0 Å². The van der Waals surface area contributed by atoms with Gasteiger partial charge in [-0.1, -0.05) is 26.0 Å². The van der Waals surface area contributed by atoms with Gasteiger partial charge in [-0.05, 0) is 30.0 Å². The Balaban J connectivity index is 2.79. The van der Waals surface area contributed by atoms with Crippen molar-refractivity contribution in [2.75, 3.05) is 21.1 Å². The van der Waals surface area contributed by atoms with Crippen LogP contribution in [0.2, 0.25) is 0 Å². The van der Waals surface area contributed by atoms with Gasteiger partial charge in [0.15, 0.2) is 0 Å². The summed E-state index contributed by atoms with van der Waals surface area (Å²) in [5.41, 5.74) is 2.80. The zero-order valence-electron chi connectivity index (χ0n) is 10.0. The molecule has 14 heavy (non-hydrogen) atoms. The molecule has 0 saturated carbocycles. The van der Waals surface area contributed by atoms with E-state index in [1.165, 1.54) is 17.7 Å². The number of benzene rings is 1. The van der Waals surface area contributed by atoms with Gasteiger partial charge in [-0.15, -0.1) is 0 Å². The first-order valence-electron chi connectivity index (χ1n) is 5.30. The first kappa shape index (κ1) is 11.3. The number of nitrogens with zero attached hydrogens (tertiary/aromatic N) is 1. The van der Waals surface area contributed by atoms with E-state index >= 15 is 0 Å². The van der Waals surface area contributed by atoms with Gasteiger partial charge in [0, 0.05) is 0 Å². The normalized spacial score (nSPS) is 12.1. The molecule has 0 amide bonds. The van der Waals surface area contributed by atoms with Crippen LogP contribution in [-0.2, 0) is 6.42 Å². The molecule has 0 aromatic heterocycles. The van der Waals surface area contributed by atoms with Gasteiger partial charge >= 0.3 is 0 Å². The zero-order chi connectivity index (χ0) is 10.8. The van der Waals surface area contributed by atoms with E-state index < -0.39 is 0 Å². The minimum Gasteiger partial charge on any atom is -0.298 e. The van der Waals surface area contributed by atoms with E-state index in [0.717, 1.165) is 10.4 Å². The molecule has 0 saturated heterocycles. The van der Waals surface area contributed by atoms with Crippen molar-refractivity contribution in [2.45, 2.75) is 20.3 Å². The van der Waals surface area contributed by atoms with E-state index in [9.17, 15) is 0 Å². The first-order chi connectivity index (χ1) is 6.39. The lowest BCUT2D eigenvalue weighted by Gasteiger charge is -2.23. The maximum atomic E-state index is 2.26. The number of hydrogen-bond acceptors (Lipinski definition) is 0. The van der Waals surface area contributed by atoms with Crippen molar-refractivity contribution in [2.24, 2.45) is 5.92 Å². The Bertz CT molecular complexity index is 277. The molecule has 1 nitrogen and oxygen atoms in total. The minimum absolute atomic E-state index is 0.741. The average molecular weight is 192 g/mol. The third kappa shape index (κ3) is 3.15. The Morgan fingerprint density at radius 1 is 1.00 bits per heavy atom. The molecule has 0 aliphatic carbocycles. The van der Waals surface area contributed by atoms with Crippen LogP contribution in [0, 0.1) is 5.92 Å². The van der Waals surface area contributed by atoms with Gasteiger partial charge in [0.05, 0.1) is 21.1 Å². The monoisotopic (exact) mass is 192 g/mol. The fourth-order valence-corrected chi connectivity index (χ4v) is 1.55. The van der Waals surface area contributed by atoms with Gasteiger partial charge in [0.2, 0.25) is 0 Å². The lowest BCUT2D eigenvalue weighted by Crippen LogP contribution is -2.34. The molecule has 78 valence electrons. The van der Waals surface area contributed by atoms with Gasteiger partial charge in [0.1, 0.15) is 5.69 Å². The van der Waals surface area contributed by atoms with E-state index in [2.05, 4.69) is 59.3 Å². The molecule has 0 fully saturated rings. The summed E-state index contributed by atoms with van der Waals surface area (Å²) in [5.74, 6) is 0.741. The molecule has 1 aromatic carbocycles. The average Bonchev–Trinajstić information content (AvgIpc) is 2.02. The second-order valence-corrected chi connectivity index (χ2v) is 5.28. The molecule has 0 aliphatic heterocycles. The molecule has 0 bridgehead atoms. The molecule has 0 unspecified atom stereocenters. The predicted molar refractivity (Wildman–Crippen MR) is 64.6 cm³/mol. The van der Waals surface area contributed by atoms with Crippen LogP contribution >= 0.6 is 0 Å². The van der Waals surface area contributed by atoms with E-state index in [1.807, 2.05) is 0 Å². The van der Waals surface area contributed by atoms with Crippen LogP contribution in [0.4, 0.5) is 5.69 Å². The van der Waals surface area contributed by atoms with Gasteiger partial charge in [0.25, 0.3) is 0 Å². The number of quaternary nitrogens is 1. The summed E-state index contributed by atoms with van der Waals surface area (Å²) in [7, 11) is 6.58. The molecule has 1 aromatic rings. The largest absolute Gasteiger partial charge is 0.298 e. The molecule has 0 N–H and O–H groups in total. The molecule has 1 rings (SSSR count). The molecular weight excluding hydrogens is 170 g/mol. The second kappa shape index (κ2) is 4.14. The molecule has 0 atom stereocenters. The van der Waals surface area contributed by atoms with Crippen molar-refractivity contribution >= 4 is 5.69 Å². The van der Waals surface area contributed by atoms with Crippen LogP contribution in [-0.4, -0.2) is 21.1 Å². The molecule has 0 heterocycles. The Morgan fingerprint density at radius 3 is 1.86 bits per heavy atom. The van der Waals surface area contributed by atoms with Crippen molar-refractivity contribution in [1.29, 1.82) is 0 Å². The fourth-order valence-electron chi connectivity index (χ4n) is 1.55. The molecule has 0 aliphatic rings. The first-order valence-corrected chi connectivity index (χ1v) is 5.30. The summed E-state index contributed by atoms with van der Waals surface area (Å²) in [5, 5.41) is 0. The van der Waals surface area contributed by atoms with E-state index in [1.54, 1.807) is 0 Å². The van der Waals surface area contributed by atoms with Crippen LogP contribution in [0.1, 0.15) is 19.4 Å². The maximum absolute atomic E-state index is 2.26. The minimum atomic E-state index is 0.741. The van der Waals surface area contributed by atoms with Gasteiger partial charge in [-0.3, -0.25) is 4.48 Å². The van der Waals surface area contributed by atoms with Crippen LogP contribution in [0.5, 0.6) is 0 Å². The molecule has 0 spiro atoms. The zero-order valence-corrected chi connectivity index (χ0v) is 10.0. The van der Waals surface area contributed by atoms with Crippen LogP contribution in [0.25, 0.3) is 0 Å². The van der Waals surface area contributed by atoms with Gasteiger partial charge in [-0.25, -0.2) is 0 Å². The number of rotatable bonds is 3. The summed E-state index contributed by atoms with van der Waals surface area (Å²) >= 11 is 0. The summed E-state index contributed by atoms with van der Waals surface area (Å²) in [4.78, 5) is 0. The van der Waals surface area contributed by atoms with Crippen LogP contribution < -0.4 is 4.48 Å². The van der Waals surface area contributed by atoms with E-state index in [0.29, 0.717) is 0 Å². The number of hydrogen-bond donors (Lipinski definition) is 0. The van der Waals surface area contributed by atoms with Crippen molar-refractivity contribution in [1.82, 2.24) is 4.48 Å². The quantitative estimate of drug-likeness (QED) is 0.646. The van der Waals surface area contributed by atoms with Gasteiger partial charge < -0.3 is 0 Å². The summed E-state index contributed by atoms with van der Waals surface area (Å²) < 4.78 is 0.891. The highest BCUT2D eigenvalue weighted by Crippen LogP contribution is 2.18. The molecule has 1 heteroatoms. The Kier molecular flexibility index (Phi) is 3.33. The maximum Gasteiger partial charge on any atom is 0.132 e. The fraction of sp³-hybridized carbons (Fsp3) is 0.538. The Morgan fingerprint density at radius 2 is 1.50 bits per heavy atom. The predicted octanol–water partition coefficient (Wildman–Crippen LogP) is 3.08. The summed E-state index contributed by atoms with van der Waals surface area (Å²) in [6, 6.07) is 8.97. The topological polar surface area (TPSA) is 0 Å². The summed E-state index contributed by atoms with van der Waals surface area (Å²) in [6.07, 6.45) is 1.18. The molecular formula is C13H22N+. The van der Waals surface area contributed by atoms with E-state index in [-0.39, 0.29) is 0 Å². The summed E-state index contributed by atoms with van der Waals surface area (Å²) in [6.45, 7) is 4.52. The van der Waals surface area contributed by atoms with Crippen LogP contribution in [0.3, 0.4) is 0 Å².